The van der Waals surface area contributed by atoms with Crippen molar-refractivity contribution in [2.24, 2.45) is 5.84 Å². The molecule has 2 aromatic rings. The standard InChI is InChI=1S/C10H17N5O3S2/c1-7(2)15(3-5-16)20(17,18)9-8(13-11)12-10-14(9)4-6-19-10/h4,6-7,13,16H,3,5,11H2,1-2H3. The lowest BCUT2D eigenvalue weighted by Crippen LogP contribution is -2.39. The van der Waals surface area contributed by atoms with Crippen molar-refractivity contribution in [1.29, 1.82) is 0 Å². The number of fused-ring (bicyclic) bond motifs is 1. The molecule has 0 bridgehead atoms. The summed E-state index contributed by atoms with van der Waals surface area (Å²) in [7, 11) is -3.82. The number of thiazole rings is 1. The van der Waals surface area contributed by atoms with Crippen LogP contribution in [0.3, 0.4) is 0 Å². The van der Waals surface area contributed by atoms with Gasteiger partial charge in [0, 0.05) is 24.2 Å². The number of aromatic nitrogens is 2. The lowest BCUT2D eigenvalue weighted by molar-refractivity contribution is 0.236. The topological polar surface area (TPSA) is 113 Å². The second-order valence-electron chi connectivity index (χ2n) is 4.40. The van der Waals surface area contributed by atoms with Gasteiger partial charge in [-0.2, -0.15) is 9.29 Å². The van der Waals surface area contributed by atoms with Gasteiger partial charge in [-0.1, -0.05) is 0 Å². The van der Waals surface area contributed by atoms with E-state index in [1.54, 1.807) is 25.4 Å². The van der Waals surface area contributed by atoms with Crippen molar-refractivity contribution in [2.45, 2.75) is 24.9 Å². The van der Waals surface area contributed by atoms with Crippen LogP contribution >= 0.6 is 11.3 Å². The average molecular weight is 319 g/mol. The van der Waals surface area contributed by atoms with Crippen LogP contribution in [0.4, 0.5) is 5.82 Å². The fourth-order valence-electron chi connectivity index (χ4n) is 1.97. The van der Waals surface area contributed by atoms with Gasteiger partial charge in [0.1, 0.15) is 0 Å². The molecule has 0 amide bonds. The summed E-state index contributed by atoms with van der Waals surface area (Å²) >= 11 is 1.31. The van der Waals surface area contributed by atoms with Crippen LogP contribution in [0.5, 0.6) is 0 Å². The highest BCUT2D eigenvalue weighted by molar-refractivity contribution is 7.89. The van der Waals surface area contributed by atoms with E-state index < -0.39 is 10.0 Å². The molecule has 0 atom stereocenters. The molecule has 0 aliphatic carbocycles. The summed E-state index contributed by atoms with van der Waals surface area (Å²) in [5, 5.41) is 10.8. The molecule has 0 unspecified atom stereocenters. The van der Waals surface area contributed by atoms with Crippen molar-refractivity contribution < 1.29 is 13.5 Å². The van der Waals surface area contributed by atoms with Gasteiger partial charge in [-0.15, -0.1) is 11.3 Å². The molecule has 112 valence electrons. The fraction of sp³-hybridized carbons (Fsp3) is 0.500. The summed E-state index contributed by atoms with van der Waals surface area (Å²) in [6, 6.07) is -0.290. The van der Waals surface area contributed by atoms with Gasteiger partial charge in [-0.25, -0.2) is 14.3 Å². The summed E-state index contributed by atoms with van der Waals surface area (Å²) in [4.78, 5) is 4.67. The van der Waals surface area contributed by atoms with Crippen LogP contribution in [0.1, 0.15) is 13.8 Å². The Bertz CT molecular complexity index is 691. The second-order valence-corrected chi connectivity index (χ2v) is 7.08. The van der Waals surface area contributed by atoms with Gasteiger partial charge in [0.2, 0.25) is 5.03 Å². The Kier molecular flexibility index (Phi) is 4.30. The van der Waals surface area contributed by atoms with E-state index in [0.717, 1.165) is 0 Å². The number of rotatable bonds is 6. The third-order valence-corrected chi connectivity index (χ3v) is 5.66. The summed E-state index contributed by atoms with van der Waals surface area (Å²) < 4.78 is 28.3. The fourth-order valence-corrected chi connectivity index (χ4v) is 4.59. The van der Waals surface area contributed by atoms with Crippen molar-refractivity contribution >= 4 is 32.1 Å². The first-order chi connectivity index (χ1) is 9.43. The molecule has 0 radical (unpaired) electrons. The molecule has 20 heavy (non-hydrogen) atoms. The van der Waals surface area contributed by atoms with E-state index in [2.05, 4.69) is 10.4 Å². The van der Waals surface area contributed by atoms with Crippen LogP contribution in [0.15, 0.2) is 16.6 Å². The number of hydrazine groups is 1. The highest BCUT2D eigenvalue weighted by Crippen LogP contribution is 2.28. The highest BCUT2D eigenvalue weighted by atomic mass is 32.2. The Balaban J connectivity index is 2.63. The maximum Gasteiger partial charge on any atom is 0.263 e. The van der Waals surface area contributed by atoms with Crippen LogP contribution in [-0.4, -0.2) is 46.4 Å². The van der Waals surface area contributed by atoms with E-state index in [9.17, 15) is 8.42 Å². The van der Waals surface area contributed by atoms with Crippen molar-refractivity contribution in [2.75, 3.05) is 18.6 Å². The Hall–Kier alpha value is -1.20. The second kappa shape index (κ2) is 5.66. The van der Waals surface area contributed by atoms with Crippen LogP contribution in [0.2, 0.25) is 0 Å². The number of nitrogens with two attached hydrogens (primary N) is 1. The van der Waals surface area contributed by atoms with Gasteiger partial charge in [-0.05, 0) is 13.8 Å². The third kappa shape index (κ3) is 2.40. The van der Waals surface area contributed by atoms with Crippen LogP contribution in [-0.2, 0) is 10.0 Å². The minimum Gasteiger partial charge on any atom is -0.395 e. The first-order valence-electron chi connectivity index (χ1n) is 5.98. The van der Waals surface area contributed by atoms with Crippen molar-refractivity contribution in [3.05, 3.63) is 11.6 Å². The van der Waals surface area contributed by atoms with Gasteiger partial charge < -0.3 is 10.5 Å². The summed E-state index contributed by atoms with van der Waals surface area (Å²) in [6.45, 7) is 3.25. The molecule has 0 aromatic carbocycles. The number of nitrogens with one attached hydrogen (secondary N) is 1. The molecule has 10 heteroatoms. The molecule has 0 saturated heterocycles. The maximum atomic E-state index is 12.8. The van der Waals surface area contributed by atoms with Gasteiger partial charge in [-0.3, -0.25) is 4.40 Å². The first-order valence-corrected chi connectivity index (χ1v) is 8.30. The van der Waals surface area contributed by atoms with E-state index in [0.29, 0.717) is 4.96 Å². The predicted molar refractivity (Wildman–Crippen MR) is 77.0 cm³/mol. The molecule has 0 aliphatic rings. The molecule has 4 N–H and O–H groups in total. The Morgan fingerprint density at radius 3 is 2.85 bits per heavy atom. The lowest BCUT2D eigenvalue weighted by Gasteiger charge is -2.24. The van der Waals surface area contributed by atoms with E-state index in [1.165, 1.54) is 20.0 Å². The van der Waals surface area contributed by atoms with E-state index in [1.807, 2.05) is 0 Å². The molecule has 8 nitrogen and oxygen atoms in total. The quantitative estimate of drug-likeness (QED) is 0.513. The van der Waals surface area contributed by atoms with Crippen molar-refractivity contribution in [1.82, 2.24) is 13.7 Å². The number of sulfonamides is 1. The zero-order valence-electron chi connectivity index (χ0n) is 11.1. The predicted octanol–water partition coefficient (Wildman–Crippen LogP) is 0.0728. The number of anilines is 1. The van der Waals surface area contributed by atoms with Gasteiger partial charge in [0.05, 0.1) is 6.61 Å². The van der Waals surface area contributed by atoms with E-state index >= 15 is 0 Å². The van der Waals surface area contributed by atoms with Crippen molar-refractivity contribution in [3.8, 4) is 0 Å². The molecule has 0 saturated carbocycles. The van der Waals surface area contributed by atoms with Gasteiger partial charge >= 0.3 is 0 Å². The Morgan fingerprint density at radius 2 is 2.30 bits per heavy atom. The smallest absolute Gasteiger partial charge is 0.263 e. The molecule has 2 heterocycles. The molecule has 0 aliphatic heterocycles. The number of nitrogens with zero attached hydrogens (tertiary/aromatic N) is 3. The number of aliphatic hydroxyl groups is 1. The Labute approximate surface area is 120 Å². The van der Waals surface area contributed by atoms with Crippen LogP contribution in [0, 0.1) is 0 Å². The summed E-state index contributed by atoms with van der Waals surface area (Å²) in [6.07, 6.45) is 1.62. The number of aliphatic hydroxyl groups excluding tert-OH is 1. The zero-order valence-corrected chi connectivity index (χ0v) is 12.8. The van der Waals surface area contributed by atoms with Crippen LogP contribution in [0.25, 0.3) is 4.96 Å². The molecular formula is C10H17N5O3S2. The molecule has 2 rings (SSSR count). The summed E-state index contributed by atoms with van der Waals surface area (Å²) in [5.41, 5.74) is 2.32. The van der Waals surface area contributed by atoms with Crippen molar-refractivity contribution in [3.63, 3.8) is 0 Å². The normalized spacial score (nSPS) is 12.7. The first kappa shape index (κ1) is 15.2. The number of hydrogen-bond donors (Lipinski definition) is 3. The number of imidazole rings is 1. The SMILES string of the molecule is CC(C)N(CCO)S(=O)(=O)c1c(NN)nc2sccn12. The van der Waals surface area contributed by atoms with E-state index in [4.69, 9.17) is 10.9 Å². The molecule has 2 aromatic heterocycles. The maximum absolute atomic E-state index is 12.8. The number of nitrogen functional groups attached to an aromatic ring is 1. The summed E-state index contributed by atoms with van der Waals surface area (Å²) in [5.74, 6) is 5.46. The minimum atomic E-state index is -3.82. The van der Waals surface area contributed by atoms with E-state index in [-0.39, 0.29) is 30.0 Å². The van der Waals surface area contributed by atoms with Crippen LogP contribution < -0.4 is 11.3 Å². The van der Waals surface area contributed by atoms with Gasteiger partial charge in [0.25, 0.3) is 10.0 Å². The molecule has 0 fully saturated rings. The monoisotopic (exact) mass is 319 g/mol. The lowest BCUT2D eigenvalue weighted by atomic mass is 10.4. The largest absolute Gasteiger partial charge is 0.395 e. The van der Waals surface area contributed by atoms with Gasteiger partial charge in [0.15, 0.2) is 10.8 Å². The minimum absolute atomic E-state index is 0.0153. The Morgan fingerprint density at radius 1 is 1.60 bits per heavy atom. The highest BCUT2D eigenvalue weighted by Gasteiger charge is 2.33. The third-order valence-electron chi connectivity index (χ3n) is 2.80. The average Bonchev–Trinajstić information content (AvgIpc) is 2.93. The zero-order chi connectivity index (χ0) is 14.9. The molecular weight excluding hydrogens is 302 g/mol. The number of hydrogen-bond acceptors (Lipinski definition) is 7. The molecule has 0 spiro atoms.